The van der Waals surface area contributed by atoms with Crippen LogP contribution in [0, 0.1) is 0 Å². The monoisotopic (exact) mass is 500 g/mol. The Labute approximate surface area is 205 Å². The fourth-order valence-corrected chi connectivity index (χ4v) is 5.18. The fourth-order valence-electron chi connectivity index (χ4n) is 4.77. The van der Waals surface area contributed by atoms with Gasteiger partial charge in [-0.05, 0) is 23.1 Å². The first kappa shape index (κ1) is 22.5. The number of aromatic amines is 1. The predicted molar refractivity (Wildman–Crippen MR) is 133 cm³/mol. The van der Waals surface area contributed by atoms with Gasteiger partial charge in [-0.25, -0.2) is 0 Å². The minimum absolute atomic E-state index is 0.0845. The first-order chi connectivity index (χ1) is 16.4. The molecule has 0 saturated heterocycles. The lowest BCUT2D eigenvalue weighted by atomic mass is 9.95. The molecule has 2 N–H and O–H groups in total. The lowest BCUT2D eigenvalue weighted by Gasteiger charge is -2.17. The van der Waals surface area contributed by atoms with Gasteiger partial charge in [0, 0.05) is 29.3 Å². The number of hydrogen-bond donors (Lipinski definition) is 2. The van der Waals surface area contributed by atoms with E-state index in [2.05, 4.69) is 4.98 Å². The molecule has 0 radical (unpaired) electrons. The van der Waals surface area contributed by atoms with Crippen molar-refractivity contribution in [2.24, 2.45) is 0 Å². The van der Waals surface area contributed by atoms with Crippen molar-refractivity contribution in [3.63, 3.8) is 0 Å². The van der Waals surface area contributed by atoms with Gasteiger partial charge in [-0.15, -0.1) is 23.2 Å². The van der Waals surface area contributed by atoms with Crippen molar-refractivity contribution in [1.29, 1.82) is 0 Å². The molecule has 0 aliphatic carbocycles. The third kappa shape index (κ3) is 3.30. The largest absolute Gasteiger partial charge is 0.507 e. The number of methoxy groups -OCH3 is 3. The molecule has 4 aromatic rings. The lowest BCUT2D eigenvalue weighted by Crippen LogP contribution is -2.31. The Morgan fingerprint density at radius 1 is 1.06 bits per heavy atom. The molecule has 1 aliphatic heterocycles. The van der Waals surface area contributed by atoms with E-state index in [-0.39, 0.29) is 24.1 Å². The Morgan fingerprint density at radius 3 is 2.41 bits per heavy atom. The van der Waals surface area contributed by atoms with Crippen LogP contribution in [0.1, 0.15) is 22.0 Å². The number of carbonyl (C=O) groups is 1. The number of H-pyrrole nitrogens is 1. The van der Waals surface area contributed by atoms with Crippen molar-refractivity contribution in [1.82, 2.24) is 4.98 Å². The Hall–Kier alpha value is -3.29. The Bertz CT molecular complexity index is 1430. The van der Waals surface area contributed by atoms with Gasteiger partial charge in [-0.2, -0.15) is 0 Å². The number of anilines is 1. The number of hydrogen-bond acceptors (Lipinski definition) is 5. The summed E-state index contributed by atoms with van der Waals surface area (Å²) in [5.74, 6) is 0.825. The first-order valence-corrected chi connectivity index (χ1v) is 11.4. The maximum Gasteiger partial charge on any atom is 0.274 e. The van der Waals surface area contributed by atoms with E-state index >= 15 is 0 Å². The summed E-state index contributed by atoms with van der Waals surface area (Å²) in [4.78, 5) is 17.7. The van der Waals surface area contributed by atoms with Crippen LogP contribution in [0.4, 0.5) is 5.69 Å². The van der Waals surface area contributed by atoms with Gasteiger partial charge in [0.25, 0.3) is 5.91 Å². The number of alkyl halides is 2. The highest BCUT2D eigenvalue weighted by Crippen LogP contribution is 2.48. The second-order valence-electron chi connectivity index (χ2n) is 8.02. The average Bonchev–Trinajstić information content (AvgIpc) is 3.44. The van der Waals surface area contributed by atoms with Gasteiger partial charge < -0.3 is 29.2 Å². The molecule has 34 heavy (non-hydrogen) atoms. The average molecular weight is 501 g/mol. The maximum atomic E-state index is 13.7. The van der Waals surface area contributed by atoms with Gasteiger partial charge in [0.15, 0.2) is 11.5 Å². The van der Waals surface area contributed by atoms with Gasteiger partial charge in [-0.3, -0.25) is 4.79 Å². The van der Waals surface area contributed by atoms with Crippen LogP contribution in [0.25, 0.3) is 21.7 Å². The van der Waals surface area contributed by atoms with Crippen LogP contribution in [0.5, 0.6) is 23.0 Å². The Morgan fingerprint density at radius 2 is 1.76 bits per heavy atom. The van der Waals surface area contributed by atoms with E-state index in [4.69, 9.17) is 37.4 Å². The first-order valence-electron chi connectivity index (χ1n) is 10.6. The van der Waals surface area contributed by atoms with E-state index in [0.29, 0.717) is 39.5 Å². The number of benzene rings is 3. The summed E-state index contributed by atoms with van der Waals surface area (Å²) in [6, 6.07) is 12.6. The molecule has 2 heterocycles. The summed E-state index contributed by atoms with van der Waals surface area (Å²) in [7, 11) is 4.58. The van der Waals surface area contributed by atoms with Crippen LogP contribution < -0.4 is 19.1 Å². The molecule has 0 unspecified atom stereocenters. The quantitative estimate of drug-likeness (QED) is 0.348. The molecular formula is C25H22Cl2N2O5. The van der Waals surface area contributed by atoms with E-state index in [1.165, 1.54) is 21.3 Å². The second-order valence-corrected chi connectivity index (χ2v) is 9.19. The molecule has 7 nitrogen and oxygen atoms in total. The summed E-state index contributed by atoms with van der Waals surface area (Å²) in [5.41, 5.74) is 2.36. The van der Waals surface area contributed by atoms with Crippen molar-refractivity contribution in [2.45, 2.75) is 10.8 Å². The molecule has 0 saturated carbocycles. The standard InChI is InChI=1S/C25H22Cl2N2O5/c1-32-19-9-12-8-16(28-21(12)23(34-3)22(19)33-2)25(31)29-11-15(24(26)27)20-14-7-5-4-6-13(14)18(30)10-17(20)29/h4-10,15,24,28,30H,11H2,1-3H3/t15-/m1/s1. The topological polar surface area (TPSA) is 84.0 Å². The van der Waals surface area contributed by atoms with Crippen LogP contribution in [-0.4, -0.2) is 48.7 Å². The minimum Gasteiger partial charge on any atom is -0.507 e. The molecule has 5 rings (SSSR count). The van der Waals surface area contributed by atoms with Crippen LogP contribution in [0.15, 0.2) is 42.5 Å². The molecule has 0 spiro atoms. The maximum absolute atomic E-state index is 13.7. The van der Waals surface area contributed by atoms with Crippen LogP contribution in [-0.2, 0) is 0 Å². The SMILES string of the molecule is COc1cc2cc(C(=O)N3C[C@@H](C(Cl)Cl)c4c3cc(O)c3ccccc43)[nH]c2c(OC)c1OC. The fraction of sp³-hybridized carbons (Fsp3) is 0.240. The predicted octanol–water partition coefficient (Wildman–Crippen LogP) is 5.60. The van der Waals surface area contributed by atoms with Gasteiger partial charge in [0.1, 0.15) is 16.3 Å². The number of phenolic OH excluding ortho intramolecular Hbond substituents is 1. The zero-order valence-electron chi connectivity index (χ0n) is 18.7. The van der Waals surface area contributed by atoms with E-state index in [9.17, 15) is 9.90 Å². The number of fused-ring (bicyclic) bond motifs is 4. The molecule has 1 amide bonds. The number of halogens is 2. The van der Waals surface area contributed by atoms with Crippen molar-refractivity contribution >= 4 is 56.5 Å². The summed E-state index contributed by atoms with van der Waals surface area (Å²) in [6.45, 7) is 0.276. The number of nitrogens with one attached hydrogen (secondary N) is 1. The number of carbonyl (C=O) groups excluding carboxylic acids is 1. The van der Waals surface area contributed by atoms with Crippen molar-refractivity contribution in [2.75, 3.05) is 32.8 Å². The van der Waals surface area contributed by atoms with Crippen LogP contribution in [0.2, 0.25) is 0 Å². The molecule has 1 aromatic heterocycles. The third-order valence-corrected chi connectivity index (χ3v) is 6.89. The highest BCUT2D eigenvalue weighted by atomic mass is 35.5. The lowest BCUT2D eigenvalue weighted by molar-refractivity contribution is 0.0984. The van der Waals surface area contributed by atoms with E-state index in [0.717, 1.165) is 16.3 Å². The van der Waals surface area contributed by atoms with Gasteiger partial charge in [-0.1, -0.05) is 24.3 Å². The van der Waals surface area contributed by atoms with Crippen molar-refractivity contribution < 1.29 is 24.1 Å². The number of aromatic hydroxyl groups is 1. The smallest absolute Gasteiger partial charge is 0.274 e. The highest BCUT2D eigenvalue weighted by molar-refractivity contribution is 6.45. The van der Waals surface area contributed by atoms with E-state index in [1.54, 1.807) is 23.1 Å². The number of nitrogens with zero attached hydrogens (tertiary/aromatic N) is 1. The molecule has 0 bridgehead atoms. The summed E-state index contributed by atoms with van der Waals surface area (Å²) >= 11 is 12.7. The third-order valence-electron chi connectivity index (χ3n) is 6.28. The summed E-state index contributed by atoms with van der Waals surface area (Å²) in [5, 5.41) is 12.9. The Balaban J connectivity index is 1.66. The van der Waals surface area contributed by atoms with Crippen LogP contribution >= 0.6 is 23.2 Å². The van der Waals surface area contributed by atoms with Crippen molar-refractivity contribution in [3.05, 3.63) is 53.7 Å². The highest BCUT2D eigenvalue weighted by Gasteiger charge is 2.38. The number of phenols is 1. The molecule has 176 valence electrons. The summed E-state index contributed by atoms with van der Waals surface area (Å²) < 4.78 is 16.4. The number of ether oxygens (including phenoxy) is 3. The molecule has 1 aliphatic rings. The normalized spacial score (nSPS) is 15.2. The second kappa shape index (κ2) is 8.49. The van der Waals surface area contributed by atoms with E-state index in [1.807, 2.05) is 24.3 Å². The number of aromatic nitrogens is 1. The van der Waals surface area contributed by atoms with E-state index < -0.39 is 4.84 Å². The Kier molecular flexibility index (Phi) is 5.62. The molecule has 1 atom stereocenters. The molecule has 3 aromatic carbocycles. The minimum atomic E-state index is -0.735. The number of rotatable bonds is 5. The zero-order valence-corrected chi connectivity index (χ0v) is 20.2. The van der Waals surface area contributed by atoms with Gasteiger partial charge >= 0.3 is 0 Å². The van der Waals surface area contributed by atoms with Gasteiger partial charge in [0.2, 0.25) is 5.75 Å². The molecule has 9 heteroatoms. The number of amides is 1. The molecular weight excluding hydrogens is 479 g/mol. The molecule has 0 fully saturated rings. The zero-order chi connectivity index (χ0) is 24.1. The summed E-state index contributed by atoms with van der Waals surface area (Å²) in [6.07, 6.45) is 0. The van der Waals surface area contributed by atoms with Crippen LogP contribution in [0.3, 0.4) is 0 Å². The van der Waals surface area contributed by atoms with Gasteiger partial charge in [0.05, 0.1) is 32.5 Å². The van der Waals surface area contributed by atoms with Crippen molar-refractivity contribution in [3.8, 4) is 23.0 Å².